The van der Waals surface area contributed by atoms with E-state index in [-0.39, 0.29) is 5.91 Å². The highest BCUT2D eigenvalue weighted by Crippen LogP contribution is 2.33. The van der Waals surface area contributed by atoms with E-state index in [1.165, 1.54) is 17.4 Å². The molecular weight excluding hydrogens is 390 g/mol. The number of aryl methyl sites for hydroxylation is 1. The van der Waals surface area contributed by atoms with Crippen LogP contribution in [0.3, 0.4) is 0 Å². The minimum absolute atomic E-state index is 0.287. The molecule has 0 aliphatic carbocycles. The first-order chi connectivity index (χ1) is 11.4. The van der Waals surface area contributed by atoms with Gasteiger partial charge in [0.05, 0.1) is 12.2 Å². The van der Waals surface area contributed by atoms with Gasteiger partial charge < -0.3 is 10.1 Å². The van der Waals surface area contributed by atoms with Gasteiger partial charge in [-0.05, 0) is 50.1 Å². The lowest BCUT2D eigenvalue weighted by Crippen LogP contribution is -2.12. The molecule has 126 valence electrons. The molecule has 2 rings (SSSR count). The second kappa shape index (κ2) is 8.26. The Morgan fingerprint density at radius 1 is 1.25 bits per heavy atom. The van der Waals surface area contributed by atoms with Gasteiger partial charge in [-0.15, -0.1) is 11.3 Å². The molecule has 2 aromatic rings. The summed E-state index contributed by atoms with van der Waals surface area (Å²) in [6.45, 7) is 5.82. The van der Waals surface area contributed by atoms with Crippen LogP contribution in [0.25, 0.3) is 6.08 Å². The highest BCUT2D eigenvalue weighted by molar-refractivity contribution is 9.10. The molecule has 1 aromatic heterocycles. The van der Waals surface area contributed by atoms with Gasteiger partial charge in [0, 0.05) is 15.4 Å². The standard InChI is InChI=1S/C18H18BrNO3S/c1-4-23-18(22)16-11(2)12(3)24-17(16)20-15(21)10-7-13-5-8-14(19)9-6-13/h5-10H,4H2,1-3H3,(H,20,21)/b10-7+. The molecule has 4 nitrogen and oxygen atoms in total. The molecular formula is C18H18BrNO3S. The van der Waals surface area contributed by atoms with Crippen LogP contribution >= 0.6 is 27.3 Å². The van der Waals surface area contributed by atoms with Crippen molar-refractivity contribution in [2.45, 2.75) is 20.8 Å². The number of carbonyl (C=O) groups is 2. The Hall–Kier alpha value is -1.92. The van der Waals surface area contributed by atoms with Gasteiger partial charge in [0.1, 0.15) is 5.00 Å². The van der Waals surface area contributed by atoms with Gasteiger partial charge in [-0.2, -0.15) is 0 Å². The van der Waals surface area contributed by atoms with Gasteiger partial charge in [-0.1, -0.05) is 28.1 Å². The van der Waals surface area contributed by atoms with E-state index in [0.29, 0.717) is 17.2 Å². The van der Waals surface area contributed by atoms with Crippen molar-refractivity contribution in [2.24, 2.45) is 0 Å². The number of ether oxygens (including phenoxy) is 1. The van der Waals surface area contributed by atoms with Crippen LogP contribution in [-0.2, 0) is 9.53 Å². The van der Waals surface area contributed by atoms with E-state index in [1.807, 2.05) is 38.1 Å². The highest BCUT2D eigenvalue weighted by Gasteiger charge is 2.21. The molecule has 1 amide bonds. The van der Waals surface area contributed by atoms with Crippen LogP contribution in [0.4, 0.5) is 5.00 Å². The van der Waals surface area contributed by atoms with Crippen molar-refractivity contribution in [2.75, 3.05) is 11.9 Å². The Bertz CT molecular complexity index is 778. The van der Waals surface area contributed by atoms with Crippen LogP contribution in [0.1, 0.15) is 33.3 Å². The number of halogens is 1. The zero-order chi connectivity index (χ0) is 17.7. The van der Waals surface area contributed by atoms with Crippen molar-refractivity contribution in [3.05, 3.63) is 56.4 Å². The zero-order valence-electron chi connectivity index (χ0n) is 13.7. The van der Waals surface area contributed by atoms with E-state index < -0.39 is 5.97 Å². The van der Waals surface area contributed by atoms with Gasteiger partial charge in [0.2, 0.25) is 5.91 Å². The van der Waals surface area contributed by atoms with Crippen molar-refractivity contribution in [1.29, 1.82) is 0 Å². The summed E-state index contributed by atoms with van der Waals surface area (Å²) in [6, 6.07) is 7.61. The van der Waals surface area contributed by atoms with E-state index in [4.69, 9.17) is 4.74 Å². The van der Waals surface area contributed by atoms with E-state index in [9.17, 15) is 9.59 Å². The number of thiophene rings is 1. The van der Waals surface area contributed by atoms with Gasteiger partial charge in [0.15, 0.2) is 0 Å². The van der Waals surface area contributed by atoms with Crippen LogP contribution in [-0.4, -0.2) is 18.5 Å². The van der Waals surface area contributed by atoms with Crippen LogP contribution in [0.5, 0.6) is 0 Å². The Morgan fingerprint density at radius 2 is 1.92 bits per heavy atom. The van der Waals surface area contributed by atoms with Gasteiger partial charge in [-0.3, -0.25) is 4.79 Å². The van der Waals surface area contributed by atoms with Crippen molar-refractivity contribution in [3.8, 4) is 0 Å². The monoisotopic (exact) mass is 407 g/mol. The lowest BCUT2D eigenvalue weighted by atomic mass is 10.1. The van der Waals surface area contributed by atoms with Gasteiger partial charge in [-0.25, -0.2) is 4.79 Å². The molecule has 1 heterocycles. The Balaban J connectivity index is 2.15. The lowest BCUT2D eigenvalue weighted by Gasteiger charge is -2.05. The molecule has 0 atom stereocenters. The van der Waals surface area contributed by atoms with Crippen LogP contribution in [0.2, 0.25) is 0 Å². The molecule has 24 heavy (non-hydrogen) atoms. The highest BCUT2D eigenvalue weighted by atomic mass is 79.9. The summed E-state index contributed by atoms with van der Waals surface area (Å²) in [5.74, 6) is -0.698. The minimum Gasteiger partial charge on any atom is -0.462 e. The number of amides is 1. The SMILES string of the molecule is CCOC(=O)c1c(NC(=O)/C=C/c2ccc(Br)cc2)sc(C)c1C. The fraction of sp³-hybridized carbons (Fsp3) is 0.222. The van der Waals surface area contributed by atoms with Crippen LogP contribution in [0.15, 0.2) is 34.8 Å². The molecule has 0 saturated carbocycles. The summed E-state index contributed by atoms with van der Waals surface area (Å²) in [7, 11) is 0. The molecule has 0 aliphatic rings. The Morgan fingerprint density at radius 3 is 2.54 bits per heavy atom. The van der Waals surface area contributed by atoms with E-state index in [2.05, 4.69) is 21.2 Å². The lowest BCUT2D eigenvalue weighted by molar-refractivity contribution is -0.111. The van der Waals surface area contributed by atoms with E-state index in [1.54, 1.807) is 13.0 Å². The van der Waals surface area contributed by atoms with Crippen molar-refractivity contribution < 1.29 is 14.3 Å². The fourth-order valence-electron chi connectivity index (χ4n) is 2.06. The first-order valence-electron chi connectivity index (χ1n) is 7.44. The molecule has 0 radical (unpaired) electrons. The molecule has 1 N–H and O–H groups in total. The van der Waals surface area contributed by atoms with E-state index >= 15 is 0 Å². The van der Waals surface area contributed by atoms with Crippen LogP contribution < -0.4 is 5.32 Å². The number of carbonyl (C=O) groups excluding carboxylic acids is 2. The largest absolute Gasteiger partial charge is 0.462 e. The maximum Gasteiger partial charge on any atom is 0.341 e. The smallest absolute Gasteiger partial charge is 0.341 e. The number of hydrogen-bond donors (Lipinski definition) is 1. The first kappa shape index (κ1) is 18.4. The molecule has 0 fully saturated rings. The number of anilines is 1. The molecule has 1 aromatic carbocycles. The predicted octanol–water partition coefficient (Wildman–Crippen LogP) is 4.96. The second-order valence-electron chi connectivity index (χ2n) is 5.08. The molecule has 0 saturated heterocycles. The average molecular weight is 408 g/mol. The summed E-state index contributed by atoms with van der Waals surface area (Å²) in [5.41, 5.74) is 2.19. The Labute approximate surface area is 153 Å². The molecule has 0 spiro atoms. The normalized spacial score (nSPS) is 10.8. The molecule has 6 heteroatoms. The number of benzene rings is 1. The third kappa shape index (κ3) is 4.55. The fourth-order valence-corrected chi connectivity index (χ4v) is 3.38. The minimum atomic E-state index is -0.411. The summed E-state index contributed by atoms with van der Waals surface area (Å²) in [4.78, 5) is 25.2. The van der Waals surface area contributed by atoms with Gasteiger partial charge >= 0.3 is 5.97 Å². The summed E-state index contributed by atoms with van der Waals surface area (Å²) in [5, 5.41) is 3.30. The van der Waals surface area contributed by atoms with Crippen LogP contribution in [0, 0.1) is 13.8 Å². The van der Waals surface area contributed by atoms with Crippen molar-refractivity contribution >= 4 is 50.2 Å². The third-order valence-corrected chi connectivity index (χ3v) is 5.05. The summed E-state index contributed by atoms with van der Waals surface area (Å²) in [6.07, 6.45) is 3.17. The van der Waals surface area contributed by atoms with Gasteiger partial charge in [0.25, 0.3) is 0 Å². The van der Waals surface area contributed by atoms with Crippen molar-refractivity contribution in [3.63, 3.8) is 0 Å². The topological polar surface area (TPSA) is 55.4 Å². The van der Waals surface area contributed by atoms with E-state index in [0.717, 1.165) is 20.5 Å². The maximum atomic E-state index is 12.2. The predicted molar refractivity (Wildman–Crippen MR) is 102 cm³/mol. The summed E-state index contributed by atoms with van der Waals surface area (Å²) >= 11 is 4.74. The van der Waals surface area contributed by atoms with Crippen molar-refractivity contribution in [1.82, 2.24) is 0 Å². The first-order valence-corrected chi connectivity index (χ1v) is 9.05. The quantitative estimate of drug-likeness (QED) is 0.562. The zero-order valence-corrected chi connectivity index (χ0v) is 16.1. The number of rotatable bonds is 5. The average Bonchev–Trinajstić information content (AvgIpc) is 2.81. The summed E-state index contributed by atoms with van der Waals surface area (Å²) < 4.78 is 6.06. The number of esters is 1. The number of hydrogen-bond acceptors (Lipinski definition) is 4. The molecule has 0 aliphatic heterocycles. The maximum absolute atomic E-state index is 12.2. The third-order valence-electron chi connectivity index (χ3n) is 3.40. The number of nitrogens with one attached hydrogen (secondary N) is 1. The molecule has 0 unspecified atom stereocenters. The second-order valence-corrected chi connectivity index (χ2v) is 7.22. The Kier molecular flexibility index (Phi) is 6.34. The molecule has 0 bridgehead atoms.